The standard InChI is InChI=1S/C17H18ClN5O4S2/c1-28(24,25)23(29(2,26)27)15-9-14(10-20-11-15)17(22-12-19)21-8-7-13-5-3-4-6-16(13)18/h3-6,9-11H,7-8H2,1-2H3,(H,21,22). The van der Waals surface area contributed by atoms with Gasteiger partial charge in [0.25, 0.3) is 0 Å². The van der Waals surface area contributed by atoms with E-state index in [9.17, 15) is 16.8 Å². The third-order valence-corrected chi connectivity index (χ3v) is 7.21. The van der Waals surface area contributed by atoms with Gasteiger partial charge in [-0.3, -0.25) is 15.3 Å². The Morgan fingerprint density at radius 1 is 1.21 bits per heavy atom. The molecule has 0 atom stereocenters. The molecule has 1 aromatic heterocycles. The second-order valence-electron chi connectivity index (χ2n) is 5.96. The van der Waals surface area contributed by atoms with Crippen molar-refractivity contribution in [2.75, 3.05) is 22.8 Å². The Morgan fingerprint density at radius 2 is 1.86 bits per heavy atom. The van der Waals surface area contributed by atoms with Gasteiger partial charge in [0.15, 0.2) is 6.19 Å². The van der Waals surface area contributed by atoms with Gasteiger partial charge >= 0.3 is 0 Å². The third-order valence-electron chi connectivity index (χ3n) is 3.59. The van der Waals surface area contributed by atoms with Crippen molar-refractivity contribution in [2.45, 2.75) is 6.42 Å². The summed E-state index contributed by atoms with van der Waals surface area (Å²) < 4.78 is 48.1. The summed E-state index contributed by atoms with van der Waals surface area (Å²) in [4.78, 5) is 8.21. The van der Waals surface area contributed by atoms with Crippen LogP contribution in [0.3, 0.4) is 0 Å². The van der Waals surface area contributed by atoms with Gasteiger partial charge in [-0.25, -0.2) is 16.8 Å². The van der Waals surface area contributed by atoms with E-state index in [1.165, 1.54) is 12.3 Å². The lowest BCUT2D eigenvalue weighted by Gasteiger charge is -2.19. The summed E-state index contributed by atoms with van der Waals surface area (Å²) in [7, 11) is -8.25. The Morgan fingerprint density at radius 3 is 2.45 bits per heavy atom. The number of sulfonamides is 2. The summed E-state index contributed by atoms with van der Waals surface area (Å²) in [6.45, 7) is 0.278. The average Bonchev–Trinajstić information content (AvgIpc) is 2.60. The molecule has 0 unspecified atom stereocenters. The molecule has 0 saturated carbocycles. The zero-order chi connectivity index (χ0) is 21.7. The highest BCUT2D eigenvalue weighted by Crippen LogP contribution is 2.21. The molecule has 0 aliphatic carbocycles. The van der Waals surface area contributed by atoms with Crippen LogP contribution in [0.1, 0.15) is 11.1 Å². The first-order valence-corrected chi connectivity index (χ1v) is 12.2. The maximum absolute atomic E-state index is 12.0. The number of amidine groups is 1. The van der Waals surface area contributed by atoms with Gasteiger partial charge in [-0.05, 0) is 24.1 Å². The minimum absolute atomic E-state index is 0.121. The number of aromatic nitrogens is 1. The molecule has 1 heterocycles. The maximum Gasteiger partial charge on any atom is 0.245 e. The first kappa shape index (κ1) is 22.6. The van der Waals surface area contributed by atoms with Gasteiger partial charge in [0, 0.05) is 23.3 Å². The van der Waals surface area contributed by atoms with Crippen LogP contribution in [0.4, 0.5) is 5.69 Å². The number of rotatable bonds is 7. The van der Waals surface area contributed by atoms with Gasteiger partial charge in [0.1, 0.15) is 5.84 Å². The molecular weight excluding hydrogens is 438 g/mol. The predicted octanol–water partition coefficient (Wildman–Crippen LogP) is 1.52. The number of benzene rings is 1. The number of halogens is 1. The number of nitrogens with zero attached hydrogens (tertiary/aromatic N) is 4. The number of hydrogen-bond donors (Lipinski definition) is 1. The van der Waals surface area contributed by atoms with Gasteiger partial charge < -0.3 is 0 Å². The van der Waals surface area contributed by atoms with Crippen LogP contribution in [0.15, 0.2) is 47.7 Å². The molecule has 9 nitrogen and oxygen atoms in total. The van der Waals surface area contributed by atoms with Gasteiger partial charge in [0.05, 0.1) is 24.4 Å². The van der Waals surface area contributed by atoms with Crippen LogP contribution in [0.25, 0.3) is 0 Å². The first-order chi connectivity index (χ1) is 13.5. The Balaban J connectivity index is 2.38. The van der Waals surface area contributed by atoms with Crippen LogP contribution in [-0.2, 0) is 26.5 Å². The van der Waals surface area contributed by atoms with E-state index in [1.807, 2.05) is 18.2 Å². The van der Waals surface area contributed by atoms with Gasteiger partial charge in [-0.2, -0.15) is 8.97 Å². The number of nitrogens with one attached hydrogen (secondary N) is 1. The summed E-state index contributed by atoms with van der Waals surface area (Å²) >= 11 is 6.11. The zero-order valence-corrected chi connectivity index (χ0v) is 18.0. The van der Waals surface area contributed by atoms with Gasteiger partial charge in [0.2, 0.25) is 20.0 Å². The van der Waals surface area contributed by atoms with E-state index in [1.54, 1.807) is 12.3 Å². The summed E-state index contributed by atoms with van der Waals surface area (Å²) in [5, 5.41) is 12.0. The van der Waals surface area contributed by atoms with Crippen molar-refractivity contribution in [1.82, 2.24) is 10.3 Å². The molecule has 12 heteroatoms. The summed E-state index contributed by atoms with van der Waals surface area (Å²) in [5.41, 5.74) is 0.938. The molecule has 1 aromatic carbocycles. The van der Waals surface area contributed by atoms with Crippen molar-refractivity contribution in [3.05, 3.63) is 58.9 Å². The van der Waals surface area contributed by atoms with E-state index in [0.29, 0.717) is 11.4 Å². The van der Waals surface area contributed by atoms with E-state index in [2.05, 4.69) is 15.3 Å². The molecule has 2 aromatic rings. The fraction of sp³-hybridized carbons (Fsp3) is 0.235. The van der Waals surface area contributed by atoms with Crippen molar-refractivity contribution in [3.63, 3.8) is 0 Å². The van der Waals surface area contributed by atoms with Crippen LogP contribution in [0.5, 0.6) is 0 Å². The monoisotopic (exact) mass is 455 g/mol. The maximum atomic E-state index is 12.0. The van der Waals surface area contributed by atoms with Crippen molar-refractivity contribution < 1.29 is 16.8 Å². The third kappa shape index (κ3) is 6.15. The van der Waals surface area contributed by atoms with Crippen molar-refractivity contribution in [2.24, 2.45) is 4.99 Å². The lowest BCUT2D eigenvalue weighted by molar-refractivity contribution is 0.590. The number of pyridine rings is 1. The molecule has 0 saturated heterocycles. The number of anilines is 1. The second-order valence-corrected chi connectivity index (χ2v) is 10.3. The van der Waals surface area contributed by atoms with E-state index in [-0.39, 0.29) is 27.3 Å². The molecule has 0 aliphatic heterocycles. The summed E-state index contributed by atoms with van der Waals surface area (Å²) in [5.74, 6) is 0.121. The zero-order valence-electron chi connectivity index (χ0n) is 15.6. The lowest BCUT2D eigenvalue weighted by atomic mass is 10.1. The topological polar surface area (TPSA) is 133 Å². The van der Waals surface area contributed by atoms with Crippen molar-refractivity contribution in [3.8, 4) is 6.19 Å². The highest BCUT2D eigenvalue weighted by atomic mass is 35.5. The van der Waals surface area contributed by atoms with Crippen LogP contribution in [0, 0.1) is 11.5 Å². The molecule has 0 radical (unpaired) electrons. The highest BCUT2D eigenvalue weighted by Gasteiger charge is 2.28. The molecule has 2 rings (SSSR count). The van der Waals surface area contributed by atoms with Crippen LogP contribution in [-0.4, -0.2) is 46.7 Å². The van der Waals surface area contributed by atoms with E-state index < -0.39 is 20.0 Å². The largest absolute Gasteiger partial charge is 0.277 e. The summed E-state index contributed by atoms with van der Waals surface area (Å²) in [6.07, 6.45) is 6.23. The van der Waals surface area contributed by atoms with Gasteiger partial charge in [-0.1, -0.05) is 29.8 Å². The number of aliphatic imine (C=N–C) groups is 1. The minimum atomic E-state index is -4.12. The molecule has 0 bridgehead atoms. The molecular formula is C17H18ClN5O4S2. The average molecular weight is 456 g/mol. The van der Waals surface area contributed by atoms with Crippen molar-refractivity contribution >= 4 is 43.2 Å². The Kier molecular flexibility index (Phi) is 7.18. The van der Waals surface area contributed by atoms with E-state index in [0.717, 1.165) is 24.3 Å². The number of hydrogen-bond acceptors (Lipinski definition) is 7. The first-order valence-electron chi connectivity index (χ1n) is 8.13. The Bertz CT molecular complexity index is 1140. The van der Waals surface area contributed by atoms with E-state index >= 15 is 0 Å². The van der Waals surface area contributed by atoms with Crippen LogP contribution in [0.2, 0.25) is 5.02 Å². The molecule has 0 aliphatic rings. The minimum Gasteiger partial charge on any atom is -0.277 e. The SMILES string of the molecule is CS(=O)(=O)N(c1cncc(/C(=N/CCc2ccccc2Cl)NC#N)c1)S(C)(=O)=O. The van der Waals surface area contributed by atoms with E-state index in [4.69, 9.17) is 16.9 Å². The lowest BCUT2D eigenvalue weighted by Crippen LogP contribution is -2.35. The predicted molar refractivity (Wildman–Crippen MR) is 112 cm³/mol. The Hall–Kier alpha value is -2.68. The fourth-order valence-electron chi connectivity index (χ4n) is 2.53. The summed E-state index contributed by atoms with van der Waals surface area (Å²) in [6, 6.07) is 8.54. The van der Waals surface area contributed by atoms with Crippen LogP contribution < -0.4 is 9.03 Å². The Labute approximate surface area is 174 Å². The fourth-order valence-corrected chi connectivity index (χ4v) is 5.69. The number of nitriles is 1. The van der Waals surface area contributed by atoms with Crippen LogP contribution >= 0.6 is 11.6 Å². The van der Waals surface area contributed by atoms with Gasteiger partial charge in [-0.15, -0.1) is 0 Å². The molecule has 0 spiro atoms. The molecule has 0 amide bonds. The highest BCUT2D eigenvalue weighted by molar-refractivity contribution is 8.09. The molecule has 29 heavy (non-hydrogen) atoms. The normalized spacial score (nSPS) is 12.3. The molecule has 154 valence electrons. The second kappa shape index (κ2) is 9.21. The molecule has 1 N–H and O–H groups in total. The van der Waals surface area contributed by atoms with Crippen molar-refractivity contribution in [1.29, 1.82) is 5.26 Å². The smallest absolute Gasteiger partial charge is 0.245 e. The quantitative estimate of drug-likeness (QED) is 0.289. The molecule has 0 fully saturated rings.